The molecule has 0 aliphatic heterocycles. The summed E-state index contributed by atoms with van der Waals surface area (Å²) in [5, 5.41) is 19.0. The molecule has 15 heavy (non-hydrogen) atoms. The molecule has 78 valence electrons. The first-order valence-electron chi connectivity index (χ1n) is 4.11. The average molecular weight is 207 g/mol. The summed E-state index contributed by atoms with van der Waals surface area (Å²) < 4.78 is 4.94. The van der Waals surface area contributed by atoms with Crippen molar-refractivity contribution in [2.45, 2.75) is 0 Å². The lowest BCUT2D eigenvalue weighted by molar-refractivity contribution is -0.384. The molecule has 1 aromatic rings. The average Bonchev–Trinajstić information content (AvgIpc) is 2.25. The van der Waals surface area contributed by atoms with Gasteiger partial charge in [0.1, 0.15) is 12.4 Å². The van der Waals surface area contributed by atoms with Crippen LogP contribution in [-0.2, 0) is 0 Å². The van der Waals surface area contributed by atoms with Gasteiger partial charge in [-0.25, -0.2) is 0 Å². The van der Waals surface area contributed by atoms with Crippen LogP contribution in [0.2, 0.25) is 0 Å². The zero-order valence-corrected chi connectivity index (χ0v) is 8.06. The van der Waals surface area contributed by atoms with Crippen LogP contribution in [0.3, 0.4) is 0 Å². The Labute approximate surface area is 86.5 Å². The quantitative estimate of drug-likeness (QED) is 0.445. The first-order chi connectivity index (χ1) is 7.19. The van der Waals surface area contributed by atoms with E-state index in [1.165, 1.54) is 25.3 Å². The molecule has 0 radical (unpaired) electrons. The number of nitrogens with zero attached hydrogens (tertiary/aromatic N) is 1. The fraction of sp³-hybridized carbons (Fsp3) is 0.200. The Morgan fingerprint density at radius 1 is 1.60 bits per heavy atom. The van der Waals surface area contributed by atoms with Crippen molar-refractivity contribution < 1.29 is 14.8 Å². The Balaban J connectivity index is 3.14. The van der Waals surface area contributed by atoms with Crippen LogP contribution in [0.1, 0.15) is 5.56 Å². The largest absolute Gasteiger partial charge is 0.495 e. The number of non-ortho nitro benzene ring substituents is 1. The molecule has 0 atom stereocenters. The Morgan fingerprint density at radius 3 is 2.87 bits per heavy atom. The van der Waals surface area contributed by atoms with Crippen LogP contribution in [-0.4, -0.2) is 23.7 Å². The van der Waals surface area contributed by atoms with E-state index < -0.39 is 4.92 Å². The van der Waals surface area contributed by atoms with E-state index in [4.69, 9.17) is 9.84 Å². The highest BCUT2D eigenvalue weighted by Gasteiger charge is 2.09. The topological polar surface area (TPSA) is 72.6 Å². The van der Waals surface area contributed by atoms with Crippen LogP contribution >= 0.6 is 0 Å². The van der Waals surface area contributed by atoms with Gasteiger partial charge >= 0.3 is 0 Å². The third-order valence-corrected chi connectivity index (χ3v) is 1.70. The van der Waals surface area contributed by atoms with E-state index in [1.54, 1.807) is 0 Å². The van der Waals surface area contributed by atoms with Crippen molar-refractivity contribution in [3.8, 4) is 17.6 Å². The molecule has 0 amide bonds. The highest BCUT2D eigenvalue weighted by molar-refractivity contribution is 5.51. The minimum absolute atomic E-state index is 0.0543. The van der Waals surface area contributed by atoms with Gasteiger partial charge in [-0.1, -0.05) is 11.8 Å². The van der Waals surface area contributed by atoms with E-state index in [2.05, 4.69) is 11.8 Å². The molecule has 0 aliphatic carbocycles. The van der Waals surface area contributed by atoms with E-state index in [-0.39, 0.29) is 12.3 Å². The minimum atomic E-state index is -0.508. The summed E-state index contributed by atoms with van der Waals surface area (Å²) in [5.74, 6) is 5.40. The van der Waals surface area contributed by atoms with Crippen molar-refractivity contribution in [2.75, 3.05) is 13.7 Å². The van der Waals surface area contributed by atoms with Gasteiger partial charge in [-0.3, -0.25) is 10.1 Å². The number of nitro benzene ring substituents is 1. The van der Waals surface area contributed by atoms with Gasteiger partial charge in [0.2, 0.25) is 0 Å². The van der Waals surface area contributed by atoms with Gasteiger partial charge in [-0.2, -0.15) is 0 Å². The van der Waals surface area contributed by atoms with Gasteiger partial charge in [0.15, 0.2) is 0 Å². The second kappa shape index (κ2) is 4.98. The number of aliphatic hydroxyl groups excluding tert-OH is 1. The van der Waals surface area contributed by atoms with E-state index >= 15 is 0 Å². The van der Waals surface area contributed by atoms with Crippen LogP contribution in [0, 0.1) is 22.0 Å². The molecule has 5 heteroatoms. The van der Waals surface area contributed by atoms with Crippen molar-refractivity contribution in [3.05, 3.63) is 33.9 Å². The van der Waals surface area contributed by atoms with Gasteiger partial charge in [-0.15, -0.1) is 0 Å². The zero-order valence-electron chi connectivity index (χ0n) is 8.06. The Hall–Kier alpha value is -2.06. The molecular weight excluding hydrogens is 198 g/mol. The van der Waals surface area contributed by atoms with Crippen molar-refractivity contribution in [1.82, 2.24) is 0 Å². The number of rotatable bonds is 2. The Bertz CT molecular complexity index is 431. The third-order valence-electron chi connectivity index (χ3n) is 1.70. The summed E-state index contributed by atoms with van der Waals surface area (Å²) in [5.41, 5.74) is 0.457. The van der Waals surface area contributed by atoms with Crippen molar-refractivity contribution in [1.29, 1.82) is 0 Å². The lowest BCUT2D eigenvalue weighted by Gasteiger charge is -2.02. The lowest BCUT2D eigenvalue weighted by atomic mass is 10.2. The number of benzene rings is 1. The molecule has 0 spiro atoms. The normalized spacial score (nSPS) is 8.93. The first kappa shape index (κ1) is 11.0. The summed E-state index contributed by atoms with van der Waals surface area (Å²) >= 11 is 0. The number of hydrogen-bond donors (Lipinski definition) is 1. The van der Waals surface area contributed by atoms with E-state index in [0.29, 0.717) is 11.3 Å². The molecule has 0 saturated heterocycles. The predicted octanol–water partition coefficient (Wildman–Crippen LogP) is 0.947. The van der Waals surface area contributed by atoms with Crippen LogP contribution < -0.4 is 4.74 Å². The fourth-order valence-corrected chi connectivity index (χ4v) is 1.03. The highest BCUT2D eigenvalue weighted by atomic mass is 16.6. The molecule has 0 aliphatic rings. The second-order valence-corrected chi connectivity index (χ2v) is 2.60. The molecule has 5 nitrogen and oxygen atoms in total. The maximum Gasteiger partial charge on any atom is 0.273 e. The molecule has 0 heterocycles. The molecule has 0 unspecified atom stereocenters. The number of hydrogen-bond acceptors (Lipinski definition) is 4. The molecular formula is C10H9NO4. The van der Waals surface area contributed by atoms with E-state index in [1.807, 2.05) is 0 Å². The predicted molar refractivity (Wildman–Crippen MR) is 53.6 cm³/mol. The fourth-order valence-electron chi connectivity index (χ4n) is 1.03. The SMILES string of the molecule is COc1cc([N+](=O)[O-])ccc1C#CCO. The smallest absolute Gasteiger partial charge is 0.273 e. The van der Waals surface area contributed by atoms with E-state index in [0.717, 1.165) is 0 Å². The molecule has 0 fully saturated rings. The van der Waals surface area contributed by atoms with Gasteiger partial charge in [0, 0.05) is 6.07 Å². The van der Waals surface area contributed by atoms with Gasteiger partial charge in [0.05, 0.1) is 23.7 Å². The van der Waals surface area contributed by atoms with Crippen LogP contribution in [0.25, 0.3) is 0 Å². The second-order valence-electron chi connectivity index (χ2n) is 2.60. The third kappa shape index (κ3) is 2.69. The number of aliphatic hydroxyl groups is 1. The molecule has 0 bridgehead atoms. The standard InChI is InChI=1S/C10H9NO4/c1-15-10-7-9(11(13)14)5-4-8(10)3-2-6-12/h4-5,7,12H,6H2,1H3. The van der Waals surface area contributed by atoms with Crippen LogP contribution in [0.4, 0.5) is 5.69 Å². The van der Waals surface area contributed by atoms with Crippen molar-refractivity contribution in [2.24, 2.45) is 0 Å². The maximum absolute atomic E-state index is 10.5. The van der Waals surface area contributed by atoms with Crippen molar-refractivity contribution >= 4 is 5.69 Å². The molecule has 0 aromatic heterocycles. The van der Waals surface area contributed by atoms with Crippen LogP contribution in [0.15, 0.2) is 18.2 Å². The van der Waals surface area contributed by atoms with Crippen molar-refractivity contribution in [3.63, 3.8) is 0 Å². The lowest BCUT2D eigenvalue weighted by Crippen LogP contribution is -1.92. The van der Waals surface area contributed by atoms with Crippen LogP contribution in [0.5, 0.6) is 5.75 Å². The van der Waals surface area contributed by atoms with Gasteiger partial charge in [-0.05, 0) is 6.07 Å². The number of methoxy groups -OCH3 is 1. The van der Waals surface area contributed by atoms with Gasteiger partial charge in [0.25, 0.3) is 5.69 Å². The Kier molecular flexibility index (Phi) is 3.66. The molecule has 1 aromatic carbocycles. The highest BCUT2D eigenvalue weighted by Crippen LogP contribution is 2.23. The van der Waals surface area contributed by atoms with Gasteiger partial charge < -0.3 is 9.84 Å². The number of nitro groups is 1. The monoisotopic (exact) mass is 207 g/mol. The summed E-state index contributed by atoms with van der Waals surface area (Å²) in [6, 6.07) is 4.12. The Morgan fingerprint density at radius 2 is 2.33 bits per heavy atom. The first-order valence-corrected chi connectivity index (χ1v) is 4.11. The molecule has 1 rings (SSSR count). The summed E-state index contributed by atoms with van der Waals surface area (Å²) in [6.07, 6.45) is 0. The summed E-state index contributed by atoms with van der Waals surface area (Å²) in [7, 11) is 1.41. The molecule has 0 saturated carbocycles. The summed E-state index contributed by atoms with van der Waals surface area (Å²) in [6.45, 7) is -0.264. The number of ether oxygens (including phenoxy) is 1. The zero-order chi connectivity index (χ0) is 11.3. The maximum atomic E-state index is 10.5. The van der Waals surface area contributed by atoms with E-state index in [9.17, 15) is 10.1 Å². The summed E-state index contributed by atoms with van der Waals surface area (Å²) in [4.78, 5) is 9.96. The molecule has 1 N–H and O–H groups in total. The minimum Gasteiger partial charge on any atom is -0.495 e.